The Balaban J connectivity index is 2.52. The van der Waals surface area contributed by atoms with Gasteiger partial charge in [0.25, 0.3) is 0 Å². The normalized spacial score (nSPS) is 13.6. The van der Waals surface area contributed by atoms with Crippen LogP contribution in [0.5, 0.6) is 0 Å². The molecule has 0 nitrogen and oxygen atoms in total. The Morgan fingerprint density at radius 3 is 0.967 bits per heavy atom. The molecule has 0 aliphatic rings. The predicted molar refractivity (Wildman–Crippen MR) is 135 cm³/mol. The average molecular weight is 407 g/mol. The molecule has 0 unspecified atom stereocenters. The summed E-state index contributed by atoms with van der Waals surface area (Å²) in [5.74, 6) is 0. The number of hydrogen-bond donors (Lipinski definition) is 0. The fraction of sp³-hybridized carbons (Fsp3) is 0.600. The van der Waals surface area contributed by atoms with Crippen LogP contribution in [-0.2, 0) is 34.5 Å². The van der Waals surface area contributed by atoms with Crippen molar-refractivity contribution in [3.63, 3.8) is 0 Å². The van der Waals surface area contributed by atoms with Crippen molar-refractivity contribution in [1.82, 2.24) is 0 Å². The Hall–Kier alpha value is -1.56. The van der Waals surface area contributed by atoms with Gasteiger partial charge in [-0.15, -0.1) is 0 Å². The van der Waals surface area contributed by atoms with Gasteiger partial charge in [-0.2, -0.15) is 0 Å². The monoisotopic (exact) mass is 406 g/mol. The van der Waals surface area contributed by atoms with Crippen molar-refractivity contribution in [2.75, 3.05) is 0 Å². The van der Waals surface area contributed by atoms with E-state index in [1.54, 1.807) is 0 Å². The number of aryl methyl sites for hydroxylation is 2. The molecule has 2 rings (SSSR count). The molecular weight excluding hydrogens is 360 g/mol. The van der Waals surface area contributed by atoms with Gasteiger partial charge in [-0.25, -0.2) is 0 Å². The Bertz CT molecular complexity index is 793. The van der Waals surface area contributed by atoms with Gasteiger partial charge in [0, 0.05) is 0 Å². The van der Waals surface area contributed by atoms with Crippen molar-refractivity contribution >= 4 is 0 Å². The highest BCUT2D eigenvalue weighted by Crippen LogP contribution is 2.34. The molecule has 0 heterocycles. The van der Waals surface area contributed by atoms with E-state index in [0.29, 0.717) is 0 Å². The molecule has 0 aromatic heterocycles. The summed E-state index contributed by atoms with van der Waals surface area (Å²) in [5.41, 5.74) is 9.53. The van der Waals surface area contributed by atoms with Gasteiger partial charge >= 0.3 is 0 Å². The quantitative estimate of drug-likeness (QED) is 0.478. The first-order valence-corrected chi connectivity index (χ1v) is 11.7. The van der Waals surface area contributed by atoms with Crippen LogP contribution in [0.3, 0.4) is 0 Å². The van der Waals surface area contributed by atoms with Crippen molar-refractivity contribution < 1.29 is 0 Å². The van der Waals surface area contributed by atoms with Crippen molar-refractivity contribution in [3.8, 4) is 0 Å². The standard InChI is InChI=1S/C30H46/c1-27(2,3)23-15-17-25(29(7,8)9)21(19-23)13-14-22-20-24(28(4,5)6)16-18-26(22)30(10,11)12/h15-20H,13-14H2,1-12H3. The van der Waals surface area contributed by atoms with E-state index in [9.17, 15) is 0 Å². The Morgan fingerprint density at radius 2 is 0.733 bits per heavy atom. The molecule has 0 bridgehead atoms. The van der Waals surface area contributed by atoms with Gasteiger partial charge in [-0.05, 0) is 67.9 Å². The molecule has 166 valence electrons. The third-order valence-electron chi connectivity index (χ3n) is 6.22. The smallest absolute Gasteiger partial charge is 0.0129 e. The Morgan fingerprint density at radius 1 is 0.433 bits per heavy atom. The largest absolute Gasteiger partial charge is 0.0582 e. The average Bonchev–Trinajstić information content (AvgIpc) is 2.56. The molecule has 0 fully saturated rings. The first kappa shape index (κ1) is 24.7. The summed E-state index contributed by atoms with van der Waals surface area (Å²) in [4.78, 5) is 0. The summed E-state index contributed by atoms with van der Waals surface area (Å²) in [6.07, 6.45) is 2.18. The lowest BCUT2D eigenvalue weighted by Gasteiger charge is -2.29. The van der Waals surface area contributed by atoms with E-state index in [1.165, 1.54) is 33.4 Å². The molecule has 0 saturated carbocycles. The van der Waals surface area contributed by atoms with Crippen molar-refractivity contribution in [2.24, 2.45) is 0 Å². The van der Waals surface area contributed by atoms with Gasteiger partial charge in [0.15, 0.2) is 0 Å². The van der Waals surface area contributed by atoms with Crippen LogP contribution < -0.4 is 0 Å². The maximum absolute atomic E-state index is 2.48. The molecule has 0 aliphatic carbocycles. The van der Waals surface area contributed by atoms with Crippen LogP contribution in [0.25, 0.3) is 0 Å². The third kappa shape index (κ3) is 5.99. The van der Waals surface area contributed by atoms with E-state index in [4.69, 9.17) is 0 Å². The van der Waals surface area contributed by atoms with Crippen LogP contribution in [0.4, 0.5) is 0 Å². The van der Waals surface area contributed by atoms with Crippen molar-refractivity contribution in [1.29, 1.82) is 0 Å². The molecule has 0 spiro atoms. The van der Waals surface area contributed by atoms with E-state index in [2.05, 4.69) is 119 Å². The van der Waals surface area contributed by atoms with Gasteiger partial charge in [0.05, 0.1) is 0 Å². The summed E-state index contributed by atoms with van der Waals surface area (Å²) in [6.45, 7) is 27.9. The maximum atomic E-state index is 2.48. The zero-order valence-electron chi connectivity index (χ0n) is 21.9. The van der Waals surface area contributed by atoms with E-state index in [1.807, 2.05) is 0 Å². The van der Waals surface area contributed by atoms with Gasteiger partial charge in [-0.1, -0.05) is 119 Å². The van der Waals surface area contributed by atoms with Crippen LogP contribution in [-0.4, -0.2) is 0 Å². The highest BCUT2D eigenvalue weighted by atomic mass is 14.3. The minimum Gasteiger partial charge on any atom is -0.0582 e. The minimum absolute atomic E-state index is 0.159. The van der Waals surface area contributed by atoms with Crippen LogP contribution in [0.2, 0.25) is 0 Å². The maximum Gasteiger partial charge on any atom is -0.0129 e. The zero-order chi connectivity index (χ0) is 23.1. The SMILES string of the molecule is CC(C)(C)c1ccc(C(C)(C)C)c(CCc2cc(C(C)(C)C)ccc2C(C)(C)C)c1. The van der Waals surface area contributed by atoms with E-state index in [-0.39, 0.29) is 21.7 Å². The topological polar surface area (TPSA) is 0 Å². The van der Waals surface area contributed by atoms with Crippen LogP contribution in [0.15, 0.2) is 36.4 Å². The van der Waals surface area contributed by atoms with Gasteiger partial charge in [-0.3, -0.25) is 0 Å². The molecule has 0 aliphatic heterocycles. The summed E-state index contributed by atoms with van der Waals surface area (Å²) in [5, 5.41) is 0. The minimum atomic E-state index is 0.159. The van der Waals surface area contributed by atoms with Crippen LogP contribution in [0, 0.1) is 0 Å². The lowest BCUT2D eigenvalue weighted by Crippen LogP contribution is -2.19. The Kier molecular flexibility index (Phi) is 6.73. The third-order valence-corrected chi connectivity index (χ3v) is 6.22. The van der Waals surface area contributed by atoms with Crippen LogP contribution in [0.1, 0.15) is 116 Å². The first-order chi connectivity index (χ1) is 13.4. The van der Waals surface area contributed by atoms with Gasteiger partial charge in [0.2, 0.25) is 0 Å². The molecule has 0 saturated heterocycles. The predicted octanol–water partition coefficient (Wildman–Crippen LogP) is 8.66. The molecule has 0 heteroatoms. The Labute approximate surface area is 187 Å². The summed E-state index contributed by atoms with van der Waals surface area (Å²) in [7, 11) is 0. The van der Waals surface area contributed by atoms with Gasteiger partial charge in [0.1, 0.15) is 0 Å². The highest BCUT2D eigenvalue weighted by molar-refractivity contribution is 5.42. The summed E-state index contributed by atoms with van der Waals surface area (Å²) >= 11 is 0. The number of hydrogen-bond acceptors (Lipinski definition) is 0. The van der Waals surface area contributed by atoms with E-state index in [0.717, 1.165) is 12.8 Å². The van der Waals surface area contributed by atoms with Crippen molar-refractivity contribution in [2.45, 2.75) is 118 Å². The second-order valence-electron chi connectivity index (χ2n) is 13.2. The summed E-state index contributed by atoms with van der Waals surface area (Å²) < 4.78 is 0. The summed E-state index contributed by atoms with van der Waals surface area (Å²) in [6, 6.07) is 14.4. The number of benzene rings is 2. The van der Waals surface area contributed by atoms with E-state index >= 15 is 0 Å². The molecule has 2 aromatic carbocycles. The molecule has 30 heavy (non-hydrogen) atoms. The lowest BCUT2D eigenvalue weighted by atomic mass is 9.76. The highest BCUT2D eigenvalue weighted by Gasteiger charge is 2.24. The zero-order valence-corrected chi connectivity index (χ0v) is 21.9. The van der Waals surface area contributed by atoms with Crippen LogP contribution >= 0.6 is 0 Å². The molecule has 0 amide bonds. The lowest BCUT2D eigenvalue weighted by molar-refractivity contribution is 0.563. The fourth-order valence-electron chi connectivity index (χ4n) is 4.27. The number of rotatable bonds is 3. The second-order valence-corrected chi connectivity index (χ2v) is 13.2. The fourth-order valence-corrected chi connectivity index (χ4v) is 4.27. The van der Waals surface area contributed by atoms with E-state index < -0.39 is 0 Å². The molecule has 0 radical (unpaired) electrons. The van der Waals surface area contributed by atoms with Crippen molar-refractivity contribution in [3.05, 3.63) is 69.8 Å². The molecule has 0 N–H and O–H groups in total. The first-order valence-electron chi connectivity index (χ1n) is 11.7. The molecular formula is C30H46. The second kappa shape index (κ2) is 8.18. The molecule has 0 atom stereocenters. The molecule has 2 aromatic rings. The van der Waals surface area contributed by atoms with Gasteiger partial charge < -0.3 is 0 Å².